The summed E-state index contributed by atoms with van der Waals surface area (Å²) < 4.78 is 4.92. The topological polar surface area (TPSA) is 90.1 Å². The third-order valence-electron chi connectivity index (χ3n) is 2.29. The van der Waals surface area contributed by atoms with E-state index < -0.39 is 5.91 Å². The molecule has 1 amide bonds. The van der Waals surface area contributed by atoms with Gasteiger partial charge in [-0.3, -0.25) is 4.79 Å². The first-order valence-corrected chi connectivity index (χ1v) is 5.71. The molecule has 0 saturated heterocycles. The number of ether oxygens (including phenoxy) is 1. The van der Waals surface area contributed by atoms with Crippen molar-refractivity contribution in [1.29, 1.82) is 0 Å². The Bertz CT molecular complexity index is 601. The molecule has 98 valence electrons. The Kier molecular flexibility index (Phi) is 3.82. The molecule has 3 N–H and O–H groups in total. The van der Waals surface area contributed by atoms with E-state index in [1.54, 1.807) is 12.1 Å². The Morgan fingerprint density at radius 1 is 1.37 bits per heavy atom. The normalized spacial score (nSPS) is 10.0. The van der Waals surface area contributed by atoms with Gasteiger partial charge in [0.1, 0.15) is 11.5 Å². The summed E-state index contributed by atoms with van der Waals surface area (Å²) in [6.45, 7) is 0. The van der Waals surface area contributed by atoms with Crippen molar-refractivity contribution in [3.8, 4) is 5.88 Å². The van der Waals surface area contributed by atoms with Crippen molar-refractivity contribution < 1.29 is 9.53 Å². The minimum Gasteiger partial charge on any atom is -0.481 e. The average Bonchev–Trinajstić information content (AvgIpc) is 2.42. The van der Waals surface area contributed by atoms with Crippen LogP contribution >= 0.6 is 11.6 Å². The first-order chi connectivity index (χ1) is 9.10. The van der Waals surface area contributed by atoms with Gasteiger partial charge in [0.05, 0.1) is 24.0 Å². The molecule has 6 nitrogen and oxygen atoms in total. The van der Waals surface area contributed by atoms with Crippen molar-refractivity contribution in [3.63, 3.8) is 0 Å². The van der Waals surface area contributed by atoms with E-state index >= 15 is 0 Å². The maximum Gasteiger partial charge on any atom is 0.275 e. The number of rotatable bonds is 3. The van der Waals surface area contributed by atoms with Crippen LogP contribution in [0.1, 0.15) is 10.5 Å². The van der Waals surface area contributed by atoms with Crippen LogP contribution < -0.4 is 15.8 Å². The number of nitrogens with zero attached hydrogens (tertiary/aromatic N) is 2. The molecule has 2 heterocycles. The smallest absolute Gasteiger partial charge is 0.275 e. The lowest BCUT2D eigenvalue weighted by Gasteiger charge is -2.06. The number of nitrogens with two attached hydrogens (primary N) is 1. The van der Waals surface area contributed by atoms with Gasteiger partial charge in [-0.05, 0) is 18.2 Å². The van der Waals surface area contributed by atoms with Crippen LogP contribution in [0.2, 0.25) is 5.02 Å². The van der Waals surface area contributed by atoms with E-state index in [0.29, 0.717) is 11.6 Å². The lowest BCUT2D eigenvalue weighted by atomic mass is 10.3. The molecule has 0 saturated carbocycles. The lowest BCUT2D eigenvalue weighted by molar-refractivity contribution is 0.102. The molecular weight excluding hydrogens is 268 g/mol. The van der Waals surface area contributed by atoms with Gasteiger partial charge in [-0.2, -0.15) is 0 Å². The molecule has 0 aliphatic carbocycles. The molecule has 7 heteroatoms. The maximum atomic E-state index is 12.0. The molecule has 0 aromatic carbocycles. The van der Waals surface area contributed by atoms with Crippen molar-refractivity contribution in [1.82, 2.24) is 9.97 Å². The summed E-state index contributed by atoms with van der Waals surface area (Å²) in [5.74, 6) is 0.227. The van der Waals surface area contributed by atoms with Crippen molar-refractivity contribution in [2.24, 2.45) is 0 Å². The summed E-state index contributed by atoms with van der Waals surface area (Å²) in [6.07, 6.45) is 1.47. The predicted octanol–water partition coefficient (Wildman–Crippen LogP) is 1.97. The molecule has 2 aromatic rings. The second kappa shape index (κ2) is 5.53. The summed E-state index contributed by atoms with van der Waals surface area (Å²) in [4.78, 5) is 19.8. The highest BCUT2D eigenvalue weighted by Crippen LogP contribution is 2.17. The van der Waals surface area contributed by atoms with Crippen LogP contribution in [0.3, 0.4) is 0 Å². The van der Waals surface area contributed by atoms with Crippen LogP contribution in [-0.4, -0.2) is 23.0 Å². The predicted molar refractivity (Wildman–Crippen MR) is 72.4 cm³/mol. The molecule has 0 fully saturated rings. The molecule has 19 heavy (non-hydrogen) atoms. The standard InChI is InChI=1S/C12H11ClN4O2/c1-19-10-5-2-7(6-15-10)16-12(18)11-8(13)3-4-9(14)17-11/h2-6H,1H3,(H2,14,17)(H,16,18). The Labute approximate surface area is 114 Å². The summed E-state index contributed by atoms with van der Waals surface area (Å²) >= 11 is 5.89. The highest BCUT2D eigenvalue weighted by Gasteiger charge is 2.13. The van der Waals surface area contributed by atoms with Crippen LogP contribution in [-0.2, 0) is 0 Å². The van der Waals surface area contributed by atoms with E-state index in [1.165, 1.54) is 25.4 Å². The zero-order valence-electron chi connectivity index (χ0n) is 10.1. The fourth-order valence-electron chi connectivity index (χ4n) is 1.38. The molecule has 0 aliphatic heterocycles. The number of hydrogen-bond donors (Lipinski definition) is 2. The van der Waals surface area contributed by atoms with E-state index in [9.17, 15) is 4.79 Å². The summed E-state index contributed by atoms with van der Waals surface area (Å²) in [6, 6.07) is 6.33. The number of pyridine rings is 2. The van der Waals surface area contributed by atoms with Crippen LogP contribution in [0, 0.1) is 0 Å². The molecular formula is C12H11ClN4O2. The second-order valence-electron chi connectivity index (χ2n) is 3.61. The fraction of sp³-hybridized carbons (Fsp3) is 0.0833. The Morgan fingerprint density at radius 3 is 2.79 bits per heavy atom. The number of carbonyl (C=O) groups is 1. The number of carbonyl (C=O) groups excluding carboxylic acids is 1. The van der Waals surface area contributed by atoms with E-state index in [4.69, 9.17) is 22.1 Å². The second-order valence-corrected chi connectivity index (χ2v) is 4.02. The van der Waals surface area contributed by atoms with Gasteiger partial charge in [0.25, 0.3) is 5.91 Å². The highest BCUT2D eigenvalue weighted by atomic mass is 35.5. The van der Waals surface area contributed by atoms with Crippen LogP contribution in [0.5, 0.6) is 5.88 Å². The van der Waals surface area contributed by atoms with Crippen LogP contribution in [0.25, 0.3) is 0 Å². The van der Waals surface area contributed by atoms with Gasteiger partial charge in [-0.15, -0.1) is 0 Å². The SMILES string of the molecule is COc1ccc(NC(=O)c2nc(N)ccc2Cl)cn1. The number of nitrogen functional groups attached to an aromatic ring is 1. The van der Waals surface area contributed by atoms with Crippen molar-refractivity contribution >= 4 is 29.0 Å². The number of halogens is 1. The largest absolute Gasteiger partial charge is 0.481 e. The molecule has 0 atom stereocenters. The van der Waals surface area contributed by atoms with E-state index in [-0.39, 0.29) is 16.5 Å². The van der Waals surface area contributed by atoms with Crippen LogP contribution in [0.15, 0.2) is 30.5 Å². The molecule has 0 spiro atoms. The van der Waals surface area contributed by atoms with E-state index in [1.807, 2.05) is 0 Å². The van der Waals surface area contributed by atoms with E-state index in [2.05, 4.69) is 15.3 Å². The molecule has 0 aliphatic rings. The fourth-order valence-corrected chi connectivity index (χ4v) is 1.57. The van der Waals surface area contributed by atoms with Gasteiger partial charge in [0.15, 0.2) is 0 Å². The Balaban J connectivity index is 2.18. The zero-order valence-corrected chi connectivity index (χ0v) is 10.8. The molecule has 0 radical (unpaired) electrons. The summed E-state index contributed by atoms with van der Waals surface area (Å²) in [7, 11) is 1.51. The zero-order chi connectivity index (χ0) is 13.8. The van der Waals surface area contributed by atoms with Crippen LogP contribution in [0.4, 0.5) is 11.5 Å². The molecule has 0 bridgehead atoms. The summed E-state index contributed by atoms with van der Waals surface area (Å²) in [5, 5.41) is 2.85. The van der Waals surface area contributed by atoms with Gasteiger partial charge in [-0.25, -0.2) is 9.97 Å². The quantitative estimate of drug-likeness (QED) is 0.896. The first-order valence-electron chi connectivity index (χ1n) is 5.33. The van der Waals surface area contributed by atoms with Gasteiger partial charge < -0.3 is 15.8 Å². The monoisotopic (exact) mass is 278 g/mol. The minimum atomic E-state index is -0.454. The highest BCUT2D eigenvalue weighted by molar-refractivity contribution is 6.34. The van der Waals surface area contributed by atoms with E-state index in [0.717, 1.165) is 0 Å². The number of aromatic nitrogens is 2. The molecule has 2 rings (SSSR count). The van der Waals surface area contributed by atoms with Gasteiger partial charge in [0, 0.05) is 6.07 Å². The Morgan fingerprint density at radius 2 is 2.16 bits per heavy atom. The number of nitrogens with one attached hydrogen (secondary N) is 1. The maximum absolute atomic E-state index is 12.0. The first kappa shape index (κ1) is 13.1. The third-order valence-corrected chi connectivity index (χ3v) is 2.59. The minimum absolute atomic E-state index is 0.0671. The molecule has 2 aromatic heterocycles. The number of anilines is 2. The average molecular weight is 279 g/mol. The van der Waals surface area contributed by atoms with Gasteiger partial charge >= 0.3 is 0 Å². The number of amides is 1. The Hall–Kier alpha value is -2.34. The third kappa shape index (κ3) is 3.11. The number of methoxy groups -OCH3 is 1. The van der Waals surface area contributed by atoms with Crippen molar-refractivity contribution in [2.45, 2.75) is 0 Å². The number of hydrogen-bond acceptors (Lipinski definition) is 5. The molecule has 0 unspecified atom stereocenters. The summed E-state index contributed by atoms with van der Waals surface area (Å²) in [5.41, 5.74) is 6.09. The van der Waals surface area contributed by atoms with Crippen molar-refractivity contribution in [2.75, 3.05) is 18.2 Å². The van der Waals surface area contributed by atoms with Gasteiger partial charge in [-0.1, -0.05) is 11.6 Å². The van der Waals surface area contributed by atoms with Crippen molar-refractivity contribution in [3.05, 3.63) is 41.2 Å². The lowest BCUT2D eigenvalue weighted by Crippen LogP contribution is -2.15. The van der Waals surface area contributed by atoms with Gasteiger partial charge in [0.2, 0.25) is 5.88 Å².